The Morgan fingerprint density at radius 3 is 2.31 bits per heavy atom. The number of piperazine rings is 1. The topological polar surface area (TPSA) is 193 Å². The summed E-state index contributed by atoms with van der Waals surface area (Å²) < 4.78 is 12.3. The fourth-order valence-electron chi connectivity index (χ4n) is 5.64. The van der Waals surface area contributed by atoms with Gasteiger partial charge in [-0.3, -0.25) is 24.0 Å². The van der Waals surface area contributed by atoms with Crippen LogP contribution in [0.15, 0.2) is 36.4 Å². The molecule has 3 heterocycles. The Morgan fingerprint density at radius 2 is 1.67 bits per heavy atom. The third-order valence-corrected chi connectivity index (χ3v) is 8.00. The molecule has 5 amide bonds. The molecule has 16 nitrogen and oxygen atoms in total. The van der Waals surface area contributed by atoms with Gasteiger partial charge in [-0.25, -0.2) is 9.48 Å². The van der Waals surface area contributed by atoms with Crippen LogP contribution in [-0.2, 0) is 23.9 Å². The second-order valence-electron chi connectivity index (χ2n) is 12.9. The van der Waals surface area contributed by atoms with Crippen LogP contribution in [0.25, 0.3) is 5.69 Å². The fourth-order valence-corrected chi connectivity index (χ4v) is 5.64. The van der Waals surface area contributed by atoms with Gasteiger partial charge >= 0.3 is 12.1 Å². The molecule has 3 N–H and O–H groups in total. The predicted octanol–water partition coefficient (Wildman–Crippen LogP) is 1.42. The van der Waals surface area contributed by atoms with Crippen molar-refractivity contribution >= 4 is 35.7 Å². The first kappa shape index (κ1) is 36.7. The lowest BCUT2D eigenvalue weighted by Gasteiger charge is -2.35. The molecule has 0 bridgehead atoms. The molecule has 4 rings (SSSR count). The number of carbonyl (C=O) groups excluding carboxylic acids is 5. The Balaban J connectivity index is 1.49. The van der Waals surface area contributed by atoms with E-state index in [1.54, 1.807) is 37.3 Å². The van der Waals surface area contributed by atoms with E-state index < -0.39 is 54.0 Å². The van der Waals surface area contributed by atoms with Gasteiger partial charge in [0, 0.05) is 50.7 Å². The minimum absolute atomic E-state index is 0.0723. The van der Waals surface area contributed by atoms with Crippen LogP contribution in [0.2, 0.25) is 0 Å². The Bertz CT molecular complexity index is 1510. The number of nitrogens with one attached hydrogen (secondary N) is 2. The quantitative estimate of drug-likeness (QED) is 0.295. The first-order valence-electron chi connectivity index (χ1n) is 16.4. The Labute approximate surface area is 284 Å². The monoisotopic (exact) mass is 683 g/mol. The van der Waals surface area contributed by atoms with E-state index in [4.69, 9.17) is 9.47 Å². The minimum Gasteiger partial charge on any atom is -0.481 e. The maximum atomic E-state index is 13.5. The number of hydrogen-bond acceptors (Lipinski definition) is 9. The van der Waals surface area contributed by atoms with E-state index in [0.717, 1.165) is 0 Å². The lowest BCUT2D eigenvalue weighted by molar-refractivity contribution is -0.140. The van der Waals surface area contributed by atoms with Gasteiger partial charge in [0.2, 0.25) is 17.7 Å². The average Bonchev–Trinajstić information content (AvgIpc) is 3.73. The van der Waals surface area contributed by atoms with Crippen LogP contribution in [0, 0.1) is 0 Å². The molecule has 0 spiro atoms. The van der Waals surface area contributed by atoms with Gasteiger partial charge in [0.05, 0.1) is 12.3 Å². The fraction of sp³-hybridized carbons (Fsp3) is 0.545. The summed E-state index contributed by atoms with van der Waals surface area (Å²) in [6, 6.07) is 8.30. The number of para-hydroxylation sites is 1. The van der Waals surface area contributed by atoms with E-state index in [2.05, 4.69) is 15.7 Å². The van der Waals surface area contributed by atoms with Gasteiger partial charge in [0.25, 0.3) is 11.8 Å². The molecule has 16 heteroatoms. The van der Waals surface area contributed by atoms with Gasteiger partial charge in [-0.2, -0.15) is 5.10 Å². The normalized spacial score (nSPS) is 16.9. The number of nitrogens with zero attached hydrogens (tertiary/aromatic N) is 5. The molecule has 2 fully saturated rings. The molecule has 1 aromatic heterocycles. The average molecular weight is 684 g/mol. The molecule has 2 saturated heterocycles. The van der Waals surface area contributed by atoms with E-state index in [1.807, 2.05) is 20.8 Å². The molecule has 0 unspecified atom stereocenters. The summed E-state index contributed by atoms with van der Waals surface area (Å²) >= 11 is 0. The number of rotatable bonds is 12. The van der Waals surface area contributed by atoms with Crippen molar-refractivity contribution in [2.45, 2.75) is 71.0 Å². The summed E-state index contributed by atoms with van der Waals surface area (Å²) in [6.45, 7) is 8.32. The number of carboxylic acids is 1. The Morgan fingerprint density at radius 1 is 1.00 bits per heavy atom. The molecule has 2 aliphatic rings. The van der Waals surface area contributed by atoms with E-state index in [9.17, 15) is 33.9 Å². The van der Waals surface area contributed by atoms with E-state index >= 15 is 0 Å². The molecule has 1 aromatic carbocycles. The summed E-state index contributed by atoms with van der Waals surface area (Å²) in [5.41, 5.74) is -0.0545. The van der Waals surface area contributed by atoms with Crippen molar-refractivity contribution in [3.8, 4) is 11.6 Å². The van der Waals surface area contributed by atoms with Crippen molar-refractivity contribution in [3.05, 3.63) is 42.1 Å². The van der Waals surface area contributed by atoms with Gasteiger partial charge in [0.1, 0.15) is 12.1 Å². The number of carbonyl (C=O) groups is 6. The number of aliphatic carboxylic acids is 1. The third-order valence-electron chi connectivity index (χ3n) is 8.00. The van der Waals surface area contributed by atoms with E-state index in [1.165, 1.54) is 25.4 Å². The molecule has 0 saturated carbocycles. The van der Waals surface area contributed by atoms with Gasteiger partial charge in [-0.05, 0) is 59.1 Å². The summed E-state index contributed by atoms with van der Waals surface area (Å²) in [6.07, 6.45) is 0.172. The smallest absolute Gasteiger partial charge is 0.409 e. The highest BCUT2D eigenvalue weighted by Gasteiger charge is 2.36. The van der Waals surface area contributed by atoms with Crippen molar-refractivity contribution in [2.75, 3.05) is 45.9 Å². The predicted molar refractivity (Wildman–Crippen MR) is 175 cm³/mol. The lowest BCUT2D eigenvalue weighted by atomic mass is 10.1. The first-order chi connectivity index (χ1) is 23.3. The maximum Gasteiger partial charge on any atom is 0.409 e. The Kier molecular flexibility index (Phi) is 12.2. The van der Waals surface area contributed by atoms with Crippen LogP contribution in [0.1, 0.15) is 63.9 Å². The number of amides is 5. The lowest BCUT2D eigenvalue weighted by Crippen LogP contribution is -2.56. The number of ether oxygens (including phenoxy) is 2. The standard InChI is InChI=1S/C33H45N7O9/c1-5-48-32(47)38-18-16-37(17-19-38)31(46)23(13-14-28(42)43)34-29(44)24-20-27(40(36-24)22-10-7-6-8-11-22)49-21-26(41)39-15-9-12-25(39)30(45)35-33(2,3)4/h6-8,10-11,20,23,25H,5,9,12-19,21H2,1-4H3,(H,34,44)(H,35,45)(H,42,43)/t23-,25-/m0/s1. The Hall–Kier alpha value is -5.15. The van der Waals surface area contributed by atoms with Crippen LogP contribution in [0.3, 0.4) is 0 Å². The van der Waals surface area contributed by atoms with Crippen molar-refractivity contribution in [2.24, 2.45) is 0 Å². The van der Waals surface area contributed by atoms with Gasteiger partial charge < -0.3 is 39.9 Å². The molecule has 0 radical (unpaired) electrons. The molecule has 49 heavy (non-hydrogen) atoms. The highest BCUT2D eigenvalue weighted by atomic mass is 16.6. The SMILES string of the molecule is CCOC(=O)N1CCN(C(=O)[C@H](CCC(=O)O)NC(=O)c2cc(OCC(=O)N3CCC[C@H]3C(=O)NC(C)(C)C)n(-c3ccccc3)n2)CC1. The first-order valence-corrected chi connectivity index (χ1v) is 16.4. The van der Waals surface area contributed by atoms with Crippen LogP contribution in [-0.4, -0.2) is 129 Å². The zero-order chi connectivity index (χ0) is 35.7. The zero-order valence-corrected chi connectivity index (χ0v) is 28.3. The number of aromatic nitrogens is 2. The minimum atomic E-state index is -1.18. The molecule has 0 aliphatic carbocycles. The zero-order valence-electron chi connectivity index (χ0n) is 28.3. The molecule has 2 atom stereocenters. The molecule has 2 aromatic rings. The second kappa shape index (κ2) is 16.3. The van der Waals surface area contributed by atoms with E-state index in [0.29, 0.717) is 25.1 Å². The van der Waals surface area contributed by atoms with Gasteiger partial charge in [-0.1, -0.05) is 18.2 Å². The summed E-state index contributed by atoms with van der Waals surface area (Å²) in [4.78, 5) is 81.1. The third kappa shape index (κ3) is 9.93. The largest absolute Gasteiger partial charge is 0.481 e. The number of likely N-dealkylation sites (tertiary alicyclic amines) is 1. The van der Waals surface area contributed by atoms with Crippen molar-refractivity contribution < 1.29 is 43.3 Å². The maximum absolute atomic E-state index is 13.5. The molecular formula is C33H45N7O9. The van der Waals surface area contributed by atoms with Gasteiger partial charge in [0.15, 0.2) is 12.3 Å². The number of benzene rings is 1. The van der Waals surface area contributed by atoms with Crippen LogP contribution in [0.4, 0.5) is 4.79 Å². The van der Waals surface area contributed by atoms with Crippen LogP contribution in [0.5, 0.6) is 5.88 Å². The molecule has 2 aliphatic heterocycles. The van der Waals surface area contributed by atoms with Crippen LogP contribution < -0.4 is 15.4 Å². The number of carboxylic acid groups (broad SMARTS) is 1. The summed E-state index contributed by atoms with van der Waals surface area (Å²) in [5, 5.41) is 19.3. The molecular weight excluding hydrogens is 638 g/mol. The second-order valence-corrected chi connectivity index (χ2v) is 12.9. The van der Waals surface area contributed by atoms with Crippen molar-refractivity contribution in [1.29, 1.82) is 0 Å². The van der Waals surface area contributed by atoms with E-state index in [-0.39, 0.29) is 63.1 Å². The van der Waals surface area contributed by atoms with Gasteiger partial charge in [-0.15, -0.1) is 0 Å². The highest BCUT2D eigenvalue weighted by Crippen LogP contribution is 2.22. The summed E-state index contributed by atoms with van der Waals surface area (Å²) in [5.74, 6) is -2.94. The highest BCUT2D eigenvalue weighted by molar-refractivity contribution is 5.96. The number of hydrogen-bond donors (Lipinski definition) is 3. The summed E-state index contributed by atoms with van der Waals surface area (Å²) in [7, 11) is 0. The van der Waals surface area contributed by atoms with Crippen molar-refractivity contribution in [1.82, 2.24) is 35.1 Å². The van der Waals surface area contributed by atoms with Crippen molar-refractivity contribution in [3.63, 3.8) is 0 Å². The van der Waals surface area contributed by atoms with Crippen LogP contribution >= 0.6 is 0 Å². The molecule has 266 valence electrons.